The van der Waals surface area contributed by atoms with Crippen LogP contribution in [0.1, 0.15) is 101 Å². The highest BCUT2D eigenvalue weighted by molar-refractivity contribution is 9.09. The van der Waals surface area contributed by atoms with E-state index in [9.17, 15) is 34.2 Å². The predicted molar refractivity (Wildman–Crippen MR) is 255 cm³/mol. The molecule has 3 amide bonds. The third-order valence-corrected chi connectivity index (χ3v) is 7.87. The van der Waals surface area contributed by atoms with Crippen LogP contribution in [0.5, 0.6) is 11.5 Å². The first-order valence-corrected chi connectivity index (χ1v) is 21.5. The lowest BCUT2D eigenvalue weighted by atomic mass is 10.0. The molecule has 0 atom stereocenters. The number of Topliss-reactive ketones (excluding diaryl/α,β-unsaturated/α-hetero) is 1. The highest BCUT2D eigenvalue weighted by Crippen LogP contribution is 2.33. The highest BCUT2D eigenvalue weighted by Gasteiger charge is 2.11. The number of anilines is 1. The van der Waals surface area contributed by atoms with Crippen molar-refractivity contribution in [3.63, 3.8) is 0 Å². The third kappa shape index (κ3) is 34.3. The number of carbonyl (C=O) groups is 5. The van der Waals surface area contributed by atoms with Gasteiger partial charge < -0.3 is 49.1 Å². The quantitative estimate of drug-likeness (QED) is 0.0387. The number of hydrogen-bond acceptors (Lipinski definition) is 12. The monoisotopic (exact) mass is 978 g/mol. The van der Waals surface area contributed by atoms with Gasteiger partial charge in [0.15, 0.2) is 26.3 Å². The number of aromatic nitrogens is 1. The van der Waals surface area contributed by atoms with E-state index in [0.29, 0.717) is 47.4 Å². The summed E-state index contributed by atoms with van der Waals surface area (Å²) in [5.74, 6) is -0.189. The van der Waals surface area contributed by atoms with Crippen molar-refractivity contribution in [3.8, 4) is 22.8 Å². The number of amides is 3. The van der Waals surface area contributed by atoms with Gasteiger partial charge in [-0.15, -0.1) is 11.3 Å². The standard InChI is InChI=1S/C13H14N2O3S.C10H11BrO.2C5H10N2OS.C4H7ClO.CH4N2S/c1-2-3-12(18)15-13-14-10(7-19-13)9-5-4-8(16)6-11(9)17;1-7-3-4-9(8(2)5-7)10(12)6-11;2*1-2-3-4(8)7-5(6)9;1-2-3-4(5)6;2-1(3)4/h4-7,16-17H,2-3H2,1H3,(H,14,15,18);3-5H,6H2,1-2H3;2*2-3H2,1H3,(H3,6,7,8,9);2-3H2,1H3;(H4,2,3,4). The van der Waals surface area contributed by atoms with E-state index < -0.39 is 0 Å². The number of hydrogen-bond donors (Lipinski definition) is 9. The molecule has 0 spiro atoms. The molecule has 0 saturated carbocycles. The molecule has 3 rings (SSSR count). The number of alkyl halides is 1. The van der Waals surface area contributed by atoms with E-state index in [1.807, 2.05) is 59.7 Å². The summed E-state index contributed by atoms with van der Waals surface area (Å²) in [5.41, 5.74) is 23.4. The molecule has 0 aliphatic carbocycles. The molecular formula is C38H56BrClN8O7S4. The second-order valence-electron chi connectivity index (χ2n) is 11.7. The summed E-state index contributed by atoms with van der Waals surface area (Å²) in [6.45, 7) is 11.7. The fourth-order valence-electron chi connectivity index (χ4n) is 3.85. The van der Waals surface area contributed by atoms with E-state index >= 15 is 0 Å². The molecule has 1 aromatic heterocycles. The minimum atomic E-state index is -0.238. The van der Waals surface area contributed by atoms with E-state index in [-0.39, 0.29) is 55.6 Å². The number of thiazole rings is 1. The first-order chi connectivity index (χ1) is 27.6. The van der Waals surface area contributed by atoms with Crippen molar-refractivity contribution in [3.05, 3.63) is 58.5 Å². The summed E-state index contributed by atoms with van der Waals surface area (Å²) in [6.07, 6.45) is 5.18. The maximum atomic E-state index is 11.4. The molecule has 0 aliphatic heterocycles. The molecule has 15 nitrogen and oxygen atoms in total. The molecule has 3 aromatic rings. The molecule has 0 bridgehead atoms. The van der Waals surface area contributed by atoms with E-state index in [1.54, 1.807) is 11.4 Å². The fourth-order valence-corrected chi connectivity index (χ4v) is 5.29. The smallest absolute Gasteiger partial charge is 0.226 e. The number of nitrogens with two attached hydrogens (primary N) is 4. The second-order valence-corrected chi connectivity index (χ2v) is 14.9. The predicted octanol–water partition coefficient (Wildman–Crippen LogP) is 6.87. The van der Waals surface area contributed by atoms with Gasteiger partial charge in [-0.2, -0.15) is 0 Å². The first kappa shape index (κ1) is 59.0. The van der Waals surface area contributed by atoms with Crippen LogP contribution in [0.3, 0.4) is 0 Å². The van der Waals surface area contributed by atoms with E-state index in [2.05, 4.69) is 85.0 Å². The molecule has 0 fully saturated rings. The first-order valence-electron chi connectivity index (χ1n) is 17.9. The maximum absolute atomic E-state index is 11.4. The van der Waals surface area contributed by atoms with Crippen LogP contribution in [-0.4, -0.2) is 64.6 Å². The van der Waals surface area contributed by atoms with E-state index in [4.69, 9.17) is 23.1 Å². The summed E-state index contributed by atoms with van der Waals surface area (Å²) in [4.78, 5) is 57.9. The Morgan fingerprint density at radius 3 is 1.61 bits per heavy atom. The molecule has 1 heterocycles. The van der Waals surface area contributed by atoms with Crippen LogP contribution in [0.4, 0.5) is 5.13 Å². The Morgan fingerprint density at radius 1 is 0.763 bits per heavy atom. The number of rotatable bonds is 12. The molecule has 0 radical (unpaired) electrons. The number of thiocarbonyl (C=S) groups is 3. The van der Waals surface area contributed by atoms with Crippen LogP contribution in [-0.2, 0) is 19.2 Å². The van der Waals surface area contributed by atoms with Gasteiger partial charge in [0.05, 0.1) is 11.0 Å². The SMILES string of the molecule is CCCC(=O)Cl.CCCC(=O)NC(N)=S.CCCC(=O)NC(N)=S.CCCC(=O)Nc1nc(-c2ccc(O)cc2O)cs1.Cc1ccc(C(=O)CBr)c(C)c1.NC(N)=S. The summed E-state index contributed by atoms with van der Waals surface area (Å²) in [7, 11) is 0. The summed E-state index contributed by atoms with van der Waals surface area (Å²) < 4.78 is 0. The van der Waals surface area contributed by atoms with Crippen LogP contribution in [0.25, 0.3) is 11.3 Å². The lowest BCUT2D eigenvalue weighted by Crippen LogP contribution is -2.34. The van der Waals surface area contributed by atoms with Gasteiger partial charge in [-0.05, 0) is 105 Å². The molecule has 0 aliphatic rings. The van der Waals surface area contributed by atoms with Gasteiger partial charge in [-0.25, -0.2) is 4.98 Å². The Balaban J connectivity index is -0.000000686. The number of carbonyl (C=O) groups excluding carboxylic acids is 5. The topological polar surface area (TPSA) is 279 Å². The van der Waals surface area contributed by atoms with Crippen LogP contribution >= 0.6 is 75.5 Å². The summed E-state index contributed by atoms with van der Waals surface area (Å²) in [5, 5.41) is 28.8. The van der Waals surface area contributed by atoms with Gasteiger partial charge in [-0.3, -0.25) is 24.0 Å². The average Bonchev–Trinajstić information content (AvgIpc) is 3.56. The Bertz CT molecular complexity index is 1780. The Labute approximate surface area is 379 Å². The highest BCUT2D eigenvalue weighted by atomic mass is 79.9. The normalized spacial score (nSPS) is 9.22. The molecule has 0 unspecified atom stereocenters. The van der Waals surface area contributed by atoms with Crippen molar-refractivity contribution in [2.24, 2.45) is 22.9 Å². The number of ketones is 1. The Hall–Kier alpha value is -4.34. The molecule has 0 saturated heterocycles. The number of benzene rings is 2. The van der Waals surface area contributed by atoms with Gasteiger partial charge >= 0.3 is 0 Å². The van der Waals surface area contributed by atoms with Crippen LogP contribution in [0.15, 0.2) is 41.8 Å². The van der Waals surface area contributed by atoms with Crippen molar-refractivity contribution < 1.29 is 34.2 Å². The van der Waals surface area contributed by atoms with Crippen molar-refractivity contribution in [1.82, 2.24) is 15.6 Å². The summed E-state index contributed by atoms with van der Waals surface area (Å²) >= 11 is 22.3. The molecule has 21 heteroatoms. The second kappa shape index (κ2) is 35.6. The van der Waals surface area contributed by atoms with Gasteiger partial charge in [0, 0.05) is 48.3 Å². The van der Waals surface area contributed by atoms with Crippen LogP contribution in [0.2, 0.25) is 0 Å². The van der Waals surface area contributed by atoms with Crippen LogP contribution < -0.4 is 38.9 Å². The van der Waals surface area contributed by atoms with E-state index in [1.165, 1.54) is 29.0 Å². The number of aryl methyl sites for hydroxylation is 2. The number of phenols is 2. The largest absolute Gasteiger partial charge is 0.508 e. The van der Waals surface area contributed by atoms with Crippen molar-refractivity contribution in [2.75, 3.05) is 10.6 Å². The molecule has 328 valence electrons. The Kier molecular flexibility index (Phi) is 35.6. The molecule has 13 N–H and O–H groups in total. The van der Waals surface area contributed by atoms with Gasteiger partial charge in [-0.1, -0.05) is 67.4 Å². The maximum Gasteiger partial charge on any atom is 0.226 e. The minimum absolute atomic E-state index is 0.000000000000000222. The zero-order valence-corrected chi connectivity index (χ0v) is 39.6. The molecule has 2 aromatic carbocycles. The third-order valence-electron chi connectivity index (χ3n) is 6.21. The number of nitrogens with zero attached hydrogens (tertiary/aromatic N) is 1. The average molecular weight is 981 g/mol. The summed E-state index contributed by atoms with van der Waals surface area (Å²) in [6, 6.07) is 10.2. The van der Waals surface area contributed by atoms with Crippen LogP contribution in [0, 0.1) is 13.8 Å². The van der Waals surface area contributed by atoms with Gasteiger partial charge in [0.25, 0.3) is 0 Å². The van der Waals surface area contributed by atoms with Crippen molar-refractivity contribution in [1.29, 1.82) is 0 Å². The minimum Gasteiger partial charge on any atom is -0.508 e. The Morgan fingerprint density at radius 2 is 1.24 bits per heavy atom. The van der Waals surface area contributed by atoms with Crippen molar-refractivity contribution >= 4 is 125 Å². The zero-order chi connectivity index (χ0) is 46.1. The van der Waals surface area contributed by atoms with Gasteiger partial charge in [0.2, 0.25) is 23.0 Å². The number of aromatic hydroxyl groups is 2. The number of halogens is 2. The van der Waals surface area contributed by atoms with E-state index in [0.717, 1.165) is 36.8 Å². The molecular weight excluding hydrogens is 924 g/mol. The lowest BCUT2D eigenvalue weighted by molar-refractivity contribution is -0.120. The fraction of sp³-hybridized carbons (Fsp3) is 0.395. The number of phenolic OH excluding ortho intramolecular Hbond substituents is 2. The number of nitrogens with one attached hydrogen (secondary N) is 3. The molecule has 59 heavy (non-hydrogen) atoms. The van der Waals surface area contributed by atoms with Crippen molar-refractivity contribution in [2.45, 2.75) is 92.9 Å². The zero-order valence-electron chi connectivity index (χ0n) is 34.0. The lowest BCUT2D eigenvalue weighted by Gasteiger charge is -2.02. The van der Waals surface area contributed by atoms with Gasteiger partial charge in [0.1, 0.15) is 11.5 Å².